The van der Waals surface area contributed by atoms with Crippen LogP contribution in [0.25, 0.3) is 10.9 Å². The second kappa shape index (κ2) is 6.05. The van der Waals surface area contributed by atoms with Crippen LogP contribution in [0.1, 0.15) is 0 Å². The molecule has 3 rings (SSSR count). The number of benzene rings is 2. The van der Waals surface area contributed by atoms with Gasteiger partial charge in [0.2, 0.25) is 5.95 Å². The van der Waals surface area contributed by atoms with Crippen LogP contribution in [0.3, 0.4) is 0 Å². The highest BCUT2D eigenvalue weighted by molar-refractivity contribution is 5.93. The highest BCUT2D eigenvalue weighted by atomic mass is 19.1. The molecule has 1 aromatic heterocycles. The van der Waals surface area contributed by atoms with E-state index in [2.05, 4.69) is 15.4 Å². The number of hydrogen-bond acceptors (Lipinski definition) is 7. The molecule has 3 N–H and O–H groups in total. The van der Waals surface area contributed by atoms with Crippen LogP contribution in [0.4, 0.5) is 27.5 Å². The normalized spacial score (nSPS) is 10.6. The van der Waals surface area contributed by atoms with E-state index in [1.165, 1.54) is 24.3 Å². The number of anilines is 3. The van der Waals surface area contributed by atoms with Gasteiger partial charge in [-0.1, -0.05) is 6.07 Å². The Labute approximate surface area is 135 Å². The Morgan fingerprint density at radius 2 is 2.04 bits per heavy atom. The molecule has 122 valence electrons. The van der Waals surface area contributed by atoms with Gasteiger partial charge >= 0.3 is 0 Å². The van der Waals surface area contributed by atoms with Crippen molar-refractivity contribution in [1.82, 2.24) is 9.97 Å². The van der Waals surface area contributed by atoms with E-state index in [4.69, 9.17) is 5.84 Å². The van der Waals surface area contributed by atoms with Gasteiger partial charge in [0.1, 0.15) is 11.6 Å². The molecule has 0 bridgehead atoms. The fraction of sp³-hybridized carbons (Fsp3) is 0.0667. The summed E-state index contributed by atoms with van der Waals surface area (Å²) in [5.41, 5.74) is 3.16. The van der Waals surface area contributed by atoms with E-state index >= 15 is 0 Å². The van der Waals surface area contributed by atoms with E-state index in [0.29, 0.717) is 22.4 Å². The molecular weight excluding hydrogens is 315 g/mol. The Balaban J connectivity index is 2.20. The van der Waals surface area contributed by atoms with Gasteiger partial charge in [-0.2, -0.15) is 4.98 Å². The number of halogens is 1. The molecule has 0 fully saturated rings. The quantitative estimate of drug-likeness (QED) is 0.430. The molecule has 24 heavy (non-hydrogen) atoms. The number of hydrogen-bond donors (Lipinski definition) is 2. The summed E-state index contributed by atoms with van der Waals surface area (Å²) in [6, 6.07) is 10.2. The number of fused-ring (bicyclic) bond motifs is 1. The second-order valence-corrected chi connectivity index (χ2v) is 5.01. The van der Waals surface area contributed by atoms with Crippen LogP contribution >= 0.6 is 0 Å². The van der Waals surface area contributed by atoms with E-state index in [1.807, 2.05) is 0 Å². The molecule has 0 amide bonds. The van der Waals surface area contributed by atoms with Crippen molar-refractivity contribution in [2.24, 2.45) is 5.84 Å². The minimum absolute atomic E-state index is 0.0940. The molecule has 2 aromatic carbocycles. The van der Waals surface area contributed by atoms with E-state index < -0.39 is 4.92 Å². The minimum Gasteiger partial charge on any atom is -0.329 e. The van der Waals surface area contributed by atoms with Crippen LogP contribution in [0.2, 0.25) is 0 Å². The summed E-state index contributed by atoms with van der Waals surface area (Å²) in [5, 5.41) is 11.5. The number of nitrogens with one attached hydrogen (secondary N) is 1. The standard InChI is InChI=1S/C15H13FN6O2/c1-21(10-4-2-3-9(16)7-10)14-12-6-5-11(22(23)24)8-13(12)18-15(19-14)20-17/h2-8H,17H2,1H3,(H,18,19,20). The van der Waals surface area contributed by atoms with Crippen LogP contribution in [-0.4, -0.2) is 21.9 Å². The third-order valence-electron chi connectivity index (χ3n) is 3.51. The minimum atomic E-state index is -0.507. The summed E-state index contributed by atoms with van der Waals surface area (Å²) >= 11 is 0. The van der Waals surface area contributed by atoms with Gasteiger partial charge in [0.05, 0.1) is 10.4 Å². The maximum Gasteiger partial charge on any atom is 0.271 e. The van der Waals surface area contributed by atoms with Crippen LogP contribution in [-0.2, 0) is 0 Å². The largest absolute Gasteiger partial charge is 0.329 e. The molecule has 0 saturated heterocycles. The van der Waals surface area contributed by atoms with Crippen LogP contribution in [0.5, 0.6) is 0 Å². The molecule has 1 heterocycles. The third-order valence-corrected chi connectivity index (χ3v) is 3.51. The monoisotopic (exact) mass is 328 g/mol. The molecule has 0 radical (unpaired) electrons. The average Bonchev–Trinajstić information content (AvgIpc) is 2.59. The molecule has 0 aliphatic carbocycles. The molecule has 8 nitrogen and oxygen atoms in total. The second-order valence-electron chi connectivity index (χ2n) is 5.01. The summed E-state index contributed by atoms with van der Waals surface area (Å²) in [7, 11) is 1.71. The Morgan fingerprint density at radius 3 is 2.71 bits per heavy atom. The number of nitro groups is 1. The fourth-order valence-corrected chi connectivity index (χ4v) is 2.34. The van der Waals surface area contributed by atoms with Crippen molar-refractivity contribution in [3.8, 4) is 0 Å². The van der Waals surface area contributed by atoms with Gasteiger partial charge in [-0.05, 0) is 24.3 Å². The first-order valence-electron chi connectivity index (χ1n) is 6.91. The number of nitrogens with zero attached hydrogens (tertiary/aromatic N) is 4. The molecular formula is C15H13FN6O2. The Bertz CT molecular complexity index is 933. The first kappa shape index (κ1) is 15.6. The number of aromatic nitrogens is 2. The molecule has 9 heteroatoms. The van der Waals surface area contributed by atoms with Gasteiger partial charge in [0.25, 0.3) is 5.69 Å². The smallest absolute Gasteiger partial charge is 0.271 e. The predicted molar refractivity (Wildman–Crippen MR) is 88.5 cm³/mol. The number of hydrazine groups is 1. The summed E-state index contributed by atoms with van der Waals surface area (Å²) in [5.74, 6) is 5.54. The number of nitro benzene ring substituents is 1. The van der Waals surface area contributed by atoms with E-state index in [0.717, 1.165) is 0 Å². The summed E-state index contributed by atoms with van der Waals surface area (Å²) in [6.45, 7) is 0. The number of nitrogen functional groups attached to an aromatic ring is 1. The first-order valence-corrected chi connectivity index (χ1v) is 6.91. The summed E-state index contributed by atoms with van der Waals surface area (Å²) in [6.07, 6.45) is 0. The molecule has 0 saturated carbocycles. The lowest BCUT2D eigenvalue weighted by Crippen LogP contribution is -2.16. The fourth-order valence-electron chi connectivity index (χ4n) is 2.34. The van der Waals surface area contributed by atoms with Crippen molar-refractivity contribution in [2.75, 3.05) is 17.4 Å². The predicted octanol–water partition coefficient (Wildman–Crippen LogP) is 2.73. The van der Waals surface area contributed by atoms with Crippen LogP contribution in [0.15, 0.2) is 42.5 Å². The molecule has 0 unspecified atom stereocenters. The molecule has 3 aromatic rings. The van der Waals surface area contributed by atoms with Crippen molar-refractivity contribution in [2.45, 2.75) is 0 Å². The topological polar surface area (TPSA) is 110 Å². The van der Waals surface area contributed by atoms with Crippen molar-refractivity contribution in [3.63, 3.8) is 0 Å². The number of rotatable bonds is 4. The zero-order valence-corrected chi connectivity index (χ0v) is 12.6. The maximum absolute atomic E-state index is 13.5. The van der Waals surface area contributed by atoms with E-state index in [1.54, 1.807) is 30.1 Å². The zero-order valence-electron chi connectivity index (χ0n) is 12.6. The van der Waals surface area contributed by atoms with E-state index in [9.17, 15) is 14.5 Å². The van der Waals surface area contributed by atoms with Crippen molar-refractivity contribution < 1.29 is 9.31 Å². The highest BCUT2D eigenvalue weighted by Gasteiger charge is 2.16. The average molecular weight is 328 g/mol. The van der Waals surface area contributed by atoms with Gasteiger partial charge in [-0.3, -0.25) is 15.5 Å². The van der Waals surface area contributed by atoms with Gasteiger partial charge in [0.15, 0.2) is 0 Å². The SMILES string of the molecule is CN(c1cccc(F)c1)c1nc(NN)nc2cc([N+](=O)[O-])ccc12. The van der Waals surface area contributed by atoms with Crippen molar-refractivity contribution in [3.05, 3.63) is 58.4 Å². The molecule has 0 aliphatic heterocycles. The summed E-state index contributed by atoms with van der Waals surface area (Å²) < 4.78 is 13.5. The van der Waals surface area contributed by atoms with Gasteiger partial charge < -0.3 is 4.90 Å². The lowest BCUT2D eigenvalue weighted by Gasteiger charge is -2.20. The van der Waals surface area contributed by atoms with Gasteiger partial charge in [-0.15, -0.1) is 0 Å². The third kappa shape index (κ3) is 2.79. The molecule has 0 atom stereocenters. The lowest BCUT2D eigenvalue weighted by atomic mass is 10.2. The Hall–Kier alpha value is -3.33. The van der Waals surface area contributed by atoms with Gasteiger partial charge in [0, 0.05) is 30.3 Å². The van der Waals surface area contributed by atoms with E-state index in [-0.39, 0.29) is 17.5 Å². The molecule has 0 spiro atoms. The number of nitrogens with two attached hydrogens (primary N) is 1. The first-order chi connectivity index (χ1) is 11.5. The van der Waals surface area contributed by atoms with Crippen LogP contribution < -0.4 is 16.2 Å². The van der Waals surface area contributed by atoms with Crippen LogP contribution in [0, 0.1) is 15.9 Å². The maximum atomic E-state index is 13.5. The summed E-state index contributed by atoms with van der Waals surface area (Å²) in [4.78, 5) is 20.5. The highest BCUT2D eigenvalue weighted by Crippen LogP contribution is 2.31. The lowest BCUT2D eigenvalue weighted by molar-refractivity contribution is -0.384. The van der Waals surface area contributed by atoms with Crippen molar-refractivity contribution in [1.29, 1.82) is 0 Å². The Kier molecular flexibility index (Phi) is 3.92. The number of non-ortho nitro benzene ring substituents is 1. The molecule has 0 aliphatic rings. The van der Waals surface area contributed by atoms with Crippen molar-refractivity contribution >= 4 is 34.0 Å². The zero-order chi connectivity index (χ0) is 17.3. The Morgan fingerprint density at radius 1 is 1.25 bits per heavy atom. The van der Waals surface area contributed by atoms with Gasteiger partial charge in [-0.25, -0.2) is 15.2 Å².